The topological polar surface area (TPSA) is 57.7 Å². The summed E-state index contributed by atoms with van der Waals surface area (Å²) in [6.07, 6.45) is 2.40. The number of rotatable bonds is 1. The standard InChI is InChI=1S/C20H16N2O3/c1-21-18(23)17(19(24)22(2)20(21)25)10-12-7-8-16-14(9-12)11-13-5-3-4-6-15(13)16/h3-10H,11H2,1-2H3. The first-order valence-corrected chi connectivity index (χ1v) is 8.00. The van der Waals surface area contributed by atoms with E-state index in [9.17, 15) is 14.4 Å². The van der Waals surface area contributed by atoms with Crippen molar-refractivity contribution in [2.45, 2.75) is 6.42 Å². The molecular weight excluding hydrogens is 316 g/mol. The molecule has 0 radical (unpaired) electrons. The molecule has 0 N–H and O–H groups in total. The van der Waals surface area contributed by atoms with Gasteiger partial charge in [0.05, 0.1) is 0 Å². The SMILES string of the molecule is CN1C(=O)C(=Cc2ccc3c(c2)Cc2ccccc2-3)C(=O)N(C)C1=O. The van der Waals surface area contributed by atoms with Crippen molar-refractivity contribution in [3.8, 4) is 11.1 Å². The minimum Gasteiger partial charge on any atom is -0.268 e. The molecule has 1 heterocycles. The average Bonchev–Trinajstić information content (AvgIpc) is 2.99. The maximum Gasteiger partial charge on any atom is 0.333 e. The normalized spacial score (nSPS) is 16.2. The third kappa shape index (κ3) is 2.28. The zero-order chi connectivity index (χ0) is 17.7. The van der Waals surface area contributed by atoms with Crippen molar-refractivity contribution in [2.24, 2.45) is 0 Å². The van der Waals surface area contributed by atoms with E-state index in [4.69, 9.17) is 0 Å². The van der Waals surface area contributed by atoms with E-state index in [1.54, 1.807) is 6.08 Å². The van der Waals surface area contributed by atoms with Crippen molar-refractivity contribution in [1.82, 2.24) is 9.80 Å². The van der Waals surface area contributed by atoms with Gasteiger partial charge in [0.15, 0.2) is 0 Å². The molecule has 2 aromatic carbocycles. The lowest BCUT2D eigenvalue weighted by atomic mass is 10.0. The minimum absolute atomic E-state index is 0.0000566. The fourth-order valence-electron chi connectivity index (χ4n) is 3.40. The van der Waals surface area contributed by atoms with Gasteiger partial charge in [0.1, 0.15) is 5.57 Å². The molecule has 25 heavy (non-hydrogen) atoms. The molecule has 0 saturated carbocycles. The van der Waals surface area contributed by atoms with Crippen molar-refractivity contribution in [2.75, 3.05) is 14.1 Å². The molecular formula is C20H16N2O3. The molecule has 5 heteroatoms. The van der Waals surface area contributed by atoms with Crippen molar-refractivity contribution in [3.05, 3.63) is 64.7 Å². The second-order valence-corrected chi connectivity index (χ2v) is 6.32. The zero-order valence-corrected chi connectivity index (χ0v) is 13.9. The Kier molecular flexibility index (Phi) is 3.32. The number of carbonyl (C=O) groups excluding carboxylic acids is 3. The van der Waals surface area contributed by atoms with E-state index >= 15 is 0 Å². The average molecular weight is 332 g/mol. The highest BCUT2D eigenvalue weighted by Crippen LogP contribution is 2.37. The van der Waals surface area contributed by atoms with Gasteiger partial charge in [-0.2, -0.15) is 0 Å². The van der Waals surface area contributed by atoms with E-state index in [1.807, 2.05) is 30.3 Å². The Labute approximate surface area is 145 Å². The highest BCUT2D eigenvalue weighted by Gasteiger charge is 2.37. The van der Waals surface area contributed by atoms with Crippen molar-refractivity contribution < 1.29 is 14.4 Å². The molecule has 0 bridgehead atoms. The van der Waals surface area contributed by atoms with Crippen LogP contribution in [-0.4, -0.2) is 41.7 Å². The fraction of sp³-hybridized carbons (Fsp3) is 0.150. The molecule has 0 spiro atoms. The van der Waals surface area contributed by atoms with Gasteiger partial charge < -0.3 is 0 Å². The fourth-order valence-corrected chi connectivity index (χ4v) is 3.40. The summed E-state index contributed by atoms with van der Waals surface area (Å²) in [6.45, 7) is 0. The van der Waals surface area contributed by atoms with E-state index in [0.717, 1.165) is 21.8 Å². The predicted molar refractivity (Wildman–Crippen MR) is 93.6 cm³/mol. The number of imide groups is 2. The number of nitrogens with zero attached hydrogens (tertiary/aromatic N) is 2. The van der Waals surface area contributed by atoms with Crippen LogP contribution in [0.3, 0.4) is 0 Å². The van der Waals surface area contributed by atoms with Crippen LogP contribution in [0.25, 0.3) is 17.2 Å². The molecule has 2 aliphatic rings. The molecule has 4 amide bonds. The molecule has 1 saturated heterocycles. The third-order valence-corrected chi connectivity index (χ3v) is 4.77. The molecule has 0 atom stereocenters. The molecule has 4 rings (SSSR count). The Bertz CT molecular complexity index is 949. The molecule has 124 valence electrons. The number of likely N-dealkylation sites (N-methyl/N-ethyl adjacent to an activating group) is 2. The van der Waals surface area contributed by atoms with Gasteiger partial charge in [0.25, 0.3) is 11.8 Å². The van der Waals surface area contributed by atoms with Gasteiger partial charge in [-0.3, -0.25) is 19.4 Å². The Morgan fingerprint density at radius 2 is 1.48 bits per heavy atom. The number of fused-ring (bicyclic) bond motifs is 3. The molecule has 5 nitrogen and oxygen atoms in total. The smallest absolute Gasteiger partial charge is 0.268 e. The Morgan fingerprint density at radius 3 is 2.20 bits per heavy atom. The first-order chi connectivity index (χ1) is 12.0. The van der Waals surface area contributed by atoms with Crippen molar-refractivity contribution in [1.29, 1.82) is 0 Å². The summed E-state index contributed by atoms with van der Waals surface area (Å²) in [4.78, 5) is 38.3. The Morgan fingerprint density at radius 1 is 0.840 bits per heavy atom. The van der Waals surface area contributed by atoms with Crippen molar-refractivity contribution >= 4 is 23.9 Å². The number of carbonyl (C=O) groups is 3. The Hall–Kier alpha value is -3.21. The van der Waals surface area contributed by atoms with Crippen LogP contribution in [0.1, 0.15) is 16.7 Å². The summed E-state index contributed by atoms with van der Waals surface area (Å²) in [5.41, 5.74) is 5.63. The lowest BCUT2D eigenvalue weighted by Gasteiger charge is -2.28. The van der Waals surface area contributed by atoms with Crippen LogP contribution >= 0.6 is 0 Å². The molecule has 1 fully saturated rings. The summed E-state index contributed by atoms with van der Waals surface area (Å²) in [7, 11) is 2.75. The number of hydrogen-bond donors (Lipinski definition) is 0. The van der Waals surface area contributed by atoms with Gasteiger partial charge in [-0.1, -0.05) is 42.5 Å². The lowest BCUT2D eigenvalue weighted by Crippen LogP contribution is -2.52. The first kappa shape index (κ1) is 15.3. The summed E-state index contributed by atoms with van der Waals surface area (Å²) in [5.74, 6) is -1.14. The van der Waals surface area contributed by atoms with Crippen LogP contribution in [0.15, 0.2) is 48.0 Å². The second kappa shape index (κ2) is 5.41. The maximum atomic E-state index is 12.3. The summed E-state index contributed by atoms with van der Waals surface area (Å²) < 4.78 is 0. The van der Waals surface area contributed by atoms with Crippen LogP contribution in [0.4, 0.5) is 4.79 Å². The van der Waals surface area contributed by atoms with E-state index < -0.39 is 17.8 Å². The largest absolute Gasteiger partial charge is 0.333 e. The number of benzene rings is 2. The second-order valence-electron chi connectivity index (χ2n) is 6.32. The van der Waals surface area contributed by atoms with E-state index in [1.165, 1.54) is 36.3 Å². The van der Waals surface area contributed by atoms with Crippen molar-refractivity contribution in [3.63, 3.8) is 0 Å². The monoisotopic (exact) mass is 332 g/mol. The highest BCUT2D eigenvalue weighted by molar-refractivity contribution is 6.30. The van der Waals surface area contributed by atoms with E-state index in [0.29, 0.717) is 0 Å². The van der Waals surface area contributed by atoms with E-state index in [2.05, 4.69) is 12.1 Å². The van der Waals surface area contributed by atoms with Gasteiger partial charge in [0, 0.05) is 14.1 Å². The molecule has 2 aromatic rings. The van der Waals surface area contributed by atoms with Crippen LogP contribution in [0.5, 0.6) is 0 Å². The number of hydrogen-bond acceptors (Lipinski definition) is 3. The van der Waals surface area contributed by atoms with Gasteiger partial charge >= 0.3 is 6.03 Å². The Balaban J connectivity index is 1.73. The summed E-state index contributed by atoms with van der Waals surface area (Å²) >= 11 is 0. The maximum absolute atomic E-state index is 12.3. The lowest BCUT2D eigenvalue weighted by molar-refractivity contribution is -0.134. The van der Waals surface area contributed by atoms with Gasteiger partial charge in [0.2, 0.25) is 0 Å². The molecule has 1 aliphatic heterocycles. The third-order valence-electron chi connectivity index (χ3n) is 4.77. The predicted octanol–water partition coefficient (Wildman–Crippen LogP) is 2.69. The molecule has 1 aliphatic carbocycles. The van der Waals surface area contributed by atoms with Crippen LogP contribution in [0, 0.1) is 0 Å². The quantitative estimate of drug-likeness (QED) is 0.508. The van der Waals surface area contributed by atoms with Gasteiger partial charge in [-0.25, -0.2) is 4.79 Å². The zero-order valence-electron chi connectivity index (χ0n) is 13.9. The van der Waals surface area contributed by atoms with Crippen LogP contribution in [0.2, 0.25) is 0 Å². The van der Waals surface area contributed by atoms with Gasteiger partial charge in [-0.15, -0.1) is 0 Å². The first-order valence-electron chi connectivity index (χ1n) is 8.00. The van der Waals surface area contributed by atoms with Crippen LogP contribution in [-0.2, 0) is 16.0 Å². The number of amides is 4. The highest BCUT2D eigenvalue weighted by atomic mass is 16.2. The van der Waals surface area contributed by atoms with Gasteiger partial charge in [-0.05, 0) is 40.3 Å². The molecule has 0 aromatic heterocycles. The summed E-state index contributed by atoms with van der Waals surface area (Å²) in [6, 6.07) is 13.5. The number of urea groups is 1. The minimum atomic E-state index is -0.614. The summed E-state index contributed by atoms with van der Waals surface area (Å²) in [5, 5.41) is 0. The van der Waals surface area contributed by atoms with Crippen LogP contribution < -0.4 is 0 Å². The number of barbiturate groups is 1. The molecule has 0 unspecified atom stereocenters. The van der Waals surface area contributed by atoms with E-state index in [-0.39, 0.29) is 5.57 Å².